The van der Waals surface area contributed by atoms with Crippen LogP contribution in [0.3, 0.4) is 0 Å². The van der Waals surface area contributed by atoms with Gasteiger partial charge in [-0.1, -0.05) is 12.1 Å². The Bertz CT molecular complexity index is 297. The molecule has 0 amide bonds. The first-order valence-electron chi connectivity index (χ1n) is 5.21. The van der Waals surface area contributed by atoms with Gasteiger partial charge in [0.25, 0.3) is 0 Å². The van der Waals surface area contributed by atoms with Gasteiger partial charge in [-0.05, 0) is 20.3 Å². The van der Waals surface area contributed by atoms with Crippen molar-refractivity contribution in [2.45, 2.75) is 39.2 Å². The van der Waals surface area contributed by atoms with Crippen molar-refractivity contribution in [3.63, 3.8) is 0 Å². The molecule has 15 heavy (non-hydrogen) atoms. The summed E-state index contributed by atoms with van der Waals surface area (Å²) < 4.78 is 10.4. The van der Waals surface area contributed by atoms with Gasteiger partial charge in [0.05, 0.1) is 5.41 Å². The summed E-state index contributed by atoms with van der Waals surface area (Å²) in [4.78, 5) is 4.24. The number of nitrogens with two attached hydrogens (primary N) is 1. The van der Waals surface area contributed by atoms with Crippen molar-refractivity contribution in [2.75, 3.05) is 13.2 Å². The van der Waals surface area contributed by atoms with Crippen LogP contribution in [0, 0.1) is 0 Å². The van der Waals surface area contributed by atoms with Crippen molar-refractivity contribution in [1.29, 1.82) is 0 Å². The Morgan fingerprint density at radius 2 is 2.20 bits per heavy atom. The van der Waals surface area contributed by atoms with E-state index >= 15 is 0 Å². The normalized spacial score (nSPS) is 12.0. The molecule has 0 atom stereocenters. The van der Waals surface area contributed by atoms with Crippen LogP contribution < -0.4 is 5.73 Å². The van der Waals surface area contributed by atoms with E-state index in [4.69, 9.17) is 15.0 Å². The first-order chi connectivity index (χ1) is 7.10. The fraction of sp³-hybridized carbons (Fsp3) is 0.800. The number of rotatable bonds is 6. The van der Waals surface area contributed by atoms with Crippen molar-refractivity contribution in [2.24, 2.45) is 5.73 Å². The molecule has 0 aromatic carbocycles. The Balaban J connectivity index is 2.56. The van der Waals surface area contributed by atoms with Crippen molar-refractivity contribution in [3.05, 3.63) is 11.7 Å². The lowest BCUT2D eigenvalue weighted by Gasteiger charge is -2.15. The molecule has 0 fully saturated rings. The molecule has 1 aromatic heterocycles. The first-order valence-corrected chi connectivity index (χ1v) is 5.21. The Kier molecular flexibility index (Phi) is 4.23. The SMILES string of the molecule is CCCOCc1noc(C(C)(C)CN)n1. The molecule has 5 heteroatoms. The van der Waals surface area contributed by atoms with E-state index in [0.717, 1.165) is 6.42 Å². The molecule has 5 nitrogen and oxygen atoms in total. The monoisotopic (exact) mass is 213 g/mol. The number of aromatic nitrogens is 2. The van der Waals surface area contributed by atoms with E-state index in [-0.39, 0.29) is 5.41 Å². The lowest BCUT2D eigenvalue weighted by molar-refractivity contribution is 0.114. The third-order valence-corrected chi connectivity index (χ3v) is 2.14. The van der Waals surface area contributed by atoms with Crippen LogP contribution in [0.5, 0.6) is 0 Å². The number of hydrogen-bond acceptors (Lipinski definition) is 5. The molecular weight excluding hydrogens is 194 g/mol. The number of ether oxygens (including phenoxy) is 1. The maximum absolute atomic E-state index is 5.61. The van der Waals surface area contributed by atoms with Gasteiger partial charge in [-0.15, -0.1) is 0 Å². The summed E-state index contributed by atoms with van der Waals surface area (Å²) in [6, 6.07) is 0. The summed E-state index contributed by atoms with van der Waals surface area (Å²) in [7, 11) is 0. The fourth-order valence-corrected chi connectivity index (χ4v) is 0.983. The Hall–Kier alpha value is -0.940. The maximum atomic E-state index is 5.61. The van der Waals surface area contributed by atoms with E-state index in [9.17, 15) is 0 Å². The van der Waals surface area contributed by atoms with Gasteiger partial charge in [0.2, 0.25) is 5.89 Å². The van der Waals surface area contributed by atoms with Crippen LogP contribution in [0.4, 0.5) is 0 Å². The zero-order valence-corrected chi connectivity index (χ0v) is 9.62. The summed E-state index contributed by atoms with van der Waals surface area (Å²) in [6.45, 7) is 7.58. The van der Waals surface area contributed by atoms with Crippen LogP contribution in [-0.2, 0) is 16.8 Å². The summed E-state index contributed by atoms with van der Waals surface area (Å²) in [5.74, 6) is 1.15. The van der Waals surface area contributed by atoms with Gasteiger partial charge < -0.3 is 15.0 Å². The van der Waals surface area contributed by atoms with E-state index in [1.807, 2.05) is 13.8 Å². The second-order valence-corrected chi connectivity index (χ2v) is 4.16. The third kappa shape index (κ3) is 3.28. The van der Waals surface area contributed by atoms with E-state index in [1.54, 1.807) is 0 Å². The fourth-order valence-electron chi connectivity index (χ4n) is 0.983. The van der Waals surface area contributed by atoms with Crippen LogP contribution in [0.25, 0.3) is 0 Å². The van der Waals surface area contributed by atoms with Gasteiger partial charge in [0.15, 0.2) is 5.82 Å². The minimum absolute atomic E-state index is 0.268. The lowest BCUT2D eigenvalue weighted by atomic mass is 9.94. The van der Waals surface area contributed by atoms with Gasteiger partial charge in [-0.3, -0.25) is 0 Å². The quantitative estimate of drug-likeness (QED) is 0.719. The predicted octanol–water partition coefficient (Wildman–Crippen LogP) is 1.23. The number of nitrogens with zero attached hydrogens (tertiary/aromatic N) is 2. The van der Waals surface area contributed by atoms with E-state index in [1.165, 1.54) is 0 Å². The molecule has 1 heterocycles. The zero-order valence-electron chi connectivity index (χ0n) is 9.62. The van der Waals surface area contributed by atoms with E-state index in [0.29, 0.717) is 31.5 Å². The van der Waals surface area contributed by atoms with Gasteiger partial charge in [0, 0.05) is 13.2 Å². The largest absolute Gasteiger partial charge is 0.373 e. The van der Waals surface area contributed by atoms with Crippen molar-refractivity contribution in [1.82, 2.24) is 10.1 Å². The number of hydrogen-bond donors (Lipinski definition) is 1. The third-order valence-electron chi connectivity index (χ3n) is 2.14. The molecule has 1 rings (SSSR count). The highest BCUT2D eigenvalue weighted by atomic mass is 16.5. The first kappa shape index (κ1) is 12.1. The Morgan fingerprint density at radius 1 is 1.47 bits per heavy atom. The molecule has 0 unspecified atom stereocenters. The molecule has 0 saturated heterocycles. The van der Waals surface area contributed by atoms with Gasteiger partial charge in [0.1, 0.15) is 6.61 Å². The Morgan fingerprint density at radius 3 is 2.80 bits per heavy atom. The molecule has 0 aliphatic heterocycles. The minimum Gasteiger partial charge on any atom is -0.373 e. The van der Waals surface area contributed by atoms with Crippen molar-refractivity contribution < 1.29 is 9.26 Å². The average Bonchev–Trinajstić information content (AvgIpc) is 2.68. The molecule has 0 saturated carbocycles. The minimum atomic E-state index is -0.268. The molecule has 0 radical (unpaired) electrons. The summed E-state index contributed by atoms with van der Waals surface area (Å²) in [5.41, 5.74) is 5.34. The van der Waals surface area contributed by atoms with Gasteiger partial charge in [-0.25, -0.2) is 0 Å². The molecule has 0 aliphatic carbocycles. The summed E-state index contributed by atoms with van der Waals surface area (Å²) in [5, 5.41) is 3.84. The highest BCUT2D eigenvalue weighted by Crippen LogP contribution is 2.19. The average molecular weight is 213 g/mol. The second kappa shape index (κ2) is 5.23. The molecule has 86 valence electrons. The predicted molar refractivity (Wildman–Crippen MR) is 56.3 cm³/mol. The van der Waals surface area contributed by atoms with Gasteiger partial charge >= 0.3 is 0 Å². The zero-order chi connectivity index (χ0) is 11.3. The molecule has 2 N–H and O–H groups in total. The van der Waals surface area contributed by atoms with Crippen LogP contribution in [-0.4, -0.2) is 23.3 Å². The smallest absolute Gasteiger partial charge is 0.233 e. The topological polar surface area (TPSA) is 74.2 Å². The van der Waals surface area contributed by atoms with E-state index in [2.05, 4.69) is 17.1 Å². The summed E-state index contributed by atoms with van der Waals surface area (Å²) in [6.07, 6.45) is 0.985. The van der Waals surface area contributed by atoms with Crippen LogP contribution in [0.15, 0.2) is 4.52 Å². The van der Waals surface area contributed by atoms with Crippen LogP contribution in [0.1, 0.15) is 38.9 Å². The second-order valence-electron chi connectivity index (χ2n) is 4.16. The van der Waals surface area contributed by atoms with E-state index < -0.39 is 0 Å². The maximum Gasteiger partial charge on any atom is 0.233 e. The highest BCUT2D eigenvalue weighted by molar-refractivity contribution is 5.01. The highest BCUT2D eigenvalue weighted by Gasteiger charge is 2.25. The van der Waals surface area contributed by atoms with Crippen LogP contribution in [0.2, 0.25) is 0 Å². The molecule has 0 aliphatic rings. The standard InChI is InChI=1S/C10H19N3O2/c1-4-5-14-6-8-12-9(15-13-8)10(2,3)7-11/h4-7,11H2,1-3H3. The molecule has 0 bridgehead atoms. The summed E-state index contributed by atoms with van der Waals surface area (Å²) >= 11 is 0. The molecular formula is C10H19N3O2. The van der Waals surface area contributed by atoms with Crippen molar-refractivity contribution >= 4 is 0 Å². The molecule has 0 spiro atoms. The lowest BCUT2D eigenvalue weighted by Crippen LogP contribution is -2.28. The van der Waals surface area contributed by atoms with Gasteiger partial charge in [-0.2, -0.15) is 4.98 Å². The Labute approximate surface area is 90.0 Å². The van der Waals surface area contributed by atoms with Crippen LogP contribution >= 0.6 is 0 Å². The van der Waals surface area contributed by atoms with Crippen molar-refractivity contribution in [3.8, 4) is 0 Å². The molecule has 1 aromatic rings.